The summed E-state index contributed by atoms with van der Waals surface area (Å²) in [7, 11) is -3.55. The number of nitrogens with zero attached hydrogens (tertiary/aromatic N) is 2. The van der Waals surface area contributed by atoms with E-state index in [2.05, 4.69) is 10.6 Å². The van der Waals surface area contributed by atoms with Crippen LogP contribution in [0.25, 0.3) is 0 Å². The maximum absolute atomic E-state index is 12.9. The van der Waals surface area contributed by atoms with Gasteiger partial charge < -0.3 is 10.6 Å². The number of sulfonamides is 1. The van der Waals surface area contributed by atoms with Crippen molar-refractivity contribution in [3.63, 3.8) is 0 Å². The summed E-state index contributed by atoms with van der Waals surface area (Å²) >= 11 is 0. The third kappa shape index (κ3) is 6.43. The van der Waals surface area contributed by atoms with Crippen LogP contribution in [-0.2, 0) is 26.0 Å². The molecule has 4 rings (SSSR count). The molecule has 2 fully saturated rings. The van der Waals surface area contributed by atoms with Crippen molar-refractivity contribution in [3.8, 4) is 0 Å². The molecule has 34 heavy (non-hydrogen) atoms. The van der Waals surface area contributed by atoms with E-state index in [0.717, 1.165) is 24.0 Å². The van der Waals surface area contributed by atoms with Crippen LogP contribution in [0.2, 0.25) is 0 Å². The van der Waals surface area contributed by atoms with Crippen LogP contribution in [-0.4, -0.2) is 74.2 Å². The highest BCUT2D eigenvalue weighted by atomic mass is 32.2. The summed E-state index contributed by atoms with van der Waals surface area (Å²) in [6.07, 6.45) is 2.38. The zero-order valence-electron chi connectivity index (χ0n) is 19.4. The Labute approximate surface area is 201 Å². The summed E-state index contributed by atoms with van der Waals surface area (Å²) in [4.78, 5) is 27.7. The first-order valence-electron chi connectivity index (χ1n) is 11.7. The van der Waals surface area contributed by atoms with E-state index in [1.807, 2.05) is 42.2 Å². The minimum Gasteiger partial charge on any atom is -0.352 e. The lowest BCUT2D eigenvalue weighted by Gasteiger charge is -2.33. The number of hydrogen-bond acceptors (Lipinski definition) is 5. The summed E-state index contributed by atoms with van der Waals surface area (Å²) in [6.45, 7) is 3.59. The normalized spacial score (nSPS) is 18.3. The molecule has 0 bridgehead atoms. The van der Waals surface area contributed by atoms with Gasteiger partial charge in [0.15, 0.2) is 0 Å². The Morgan fingerprint density at radius 1 is 0.971 bits per heavy atom. The number of aryl methyl sites for hydroxylation is 1. The number of nitrogens with one attached hydrogen (secondary N) is 2. The Bertz CT molecular complexity index is 1090. The molecule has 1 aliphatic carbocycles. The SMILES string of the molecule is Cc1ccc(S(=O)(=O)N2CCN(CC(=O)NC(Cc3ccccc3)C(=O)NC3CC3)CC2)cc1. The number of hydrogen-bond donors (Lipinski definition) is 2. The molecule has 1 atom stereocenters. The first kappa shape index (κ1) is 24.4. The van der Waals surface area contributed by atoms with Crippen molar-refractivity contribution in [3.05, 3.63) is 65.7 Å². The summed E-state index contributed by atoms with van der Waals surface area (Å²) < 4.78 is 27.3. The van der Waals surface area contributed by atoms with E-state index in [4.69, 9.17) is 0 Å². The molecule has 0 aromatic heterocycles. The molecule has 9 heteroatoms. The Morgan fingerprint density at radius 2 is 1.62 bits per heavy atom. The number of carbonyl (C=O) groups excluding carboxylic acids is 2. The fraction of sp³-hybridized carbons (Fsp3) is 0.440. The number of carbonyl (C=O) groups is 2. The summed E-state index contributed by atoms with van der Waals surface area (Å²) in [5.41, 5.74) is 1.99. The maximum Gasteiger partial charge on any atom is 0.243 e. The molecule has 0 radical (unpaired) electrons. The van der Waals surface area contributed by atoms with Gasteiger partial charge in [0.05, 0.1) is 11.4 Å². The predicted octanol–water partition coefficient (Wildman–Crippen LogP) is 1.31. The number of benzene rings is 2. The van der Waals surface area contributed by atoms with Crippen LogP contribution in [0.5, 0.6) is 0 Å². The zero-order chi connectivity index (χ0) is 24.1. The van der Waals surface area contributed by atoms with E-state index in [9.17, 15) is 18.0 Å². The second-order valence-electron chi connectivity index (χ2n) is 9.09. The molecule has 2 aliphatic rings. The van der Waals surface area contributed by atoms with E-state index >= 15 is 0 Å². The standard InChI is InChI=1S/C25H32N4O4S/c1-19-7-11-22(12-8-19)34(32,33)29-15-13-28(14-16-29)18-24(30)27-23(25(31)26-21-9-10-21)17-20-5-3-2-4-6-20/h2-8,11-12,21,23H,9-10,13-18H2,1H3,(H,26,31)(H,27,30). The van der Waals surface area contributed by atoms with E-state index < -0.39 is 16.1 Å². The Balaban J connectivity index is 1.31. The molecule has 0 spiro atoms. The van der Waals surface area contributed by atoms with Crippen molar-refractivity contribution < 1.29 is 18.0 Å². The maximum atomic E-state index is 12.9. The number of piperazine rings is 1. The van der Waals surface area contributed by atoms with Crippen molar-refractivity contribution in [1.82, 2.24) is 19.8 Å². The van der Waals surface area contributed by atoms with Gasteiger partial charge in [-0.3, -0.25) is 14.5 Å². The Kier molecular flexibility index (Phi) is 7.65. The topological polar surface area (TPSA) is 98.8 Å². The molecule has 1 saturated carbocycles. The monoisotopic (exact) mass is 484 g/mol. The highest BCUT2D eigenvalue weighted by Gasteiger charge is 2.31. The lowest BCUT2D eigenvalue weighted by molar-refractivity contribution is -0.129. The quantitative estimate of drug-likeness (QED) is 0.559. The molecular weight excluding hydrogens is 452 g/mol. The van der Waals surface area contributed by atoms with Gasteiger partial charge in [0.1, 0.15) is 6.04 Å². The van der Waals surface area contributed by atoms with E-state index in [0.29, 0.717) is 32.6 Å². The van der Waals surface area contributed by atoms with Crippen LogP contribution >= 0.6 is 0 Å². The van der Waals surface area contributed by atoms with Gasteiger partial charge in [-0.1, -0.05) is 48.0 Å². The van der Waals surface area contributed by atoms with Gasteiger partial charge in [-0.2, -0.15) is 4.31 Å². The average Bonchev–Trinajstić information content (AvgIpc) is 3.64. The summed E-state index contributed by atoms with van der Waals surface area (Å²) in [6, 6.07) is 16.0. The smallest absolute Gasteiger partial charge is 0.243 e. The second-order valence-corrected chi connectivity index (χ2v) is 11.0. The molecule has 1 unspecified atom stereocenters. The van der Waals surface area contributed by atoms with Crippen molar-refractivity contribution in [2.24, 2.45) is 0 Å². The predicted molar refractivity (Wildman–Crippen MR) is 130 cm³/mol. The van der Waals surface area contributed by atoms with Crippen molar-refractivity contribution in [1.29, 1.82) is 0 Å². The highest BCUT2D eigenvalue weighted by molar-refractivity contribution is 7.89. The fourth-order valence-corrected chi connectivity index (χ4v) is 5.44. The number of rotatable bonds is 9. The van der Waals surface area contributed by atoms with Gasteiger partial charge >= 0.3 is 0 Å². The summed E-state index contributed by atoms with van der Waals surface area (Å²) in [5.74, 6) is -0.393. The van der Waals surface area contributed by atoms with Crippen LogP contribution in [0, 0.1) is 6.92 Å². The molecule has 2 aromatic carbocycles. The van der Waals surface area contributed by atoms with Crippen LogP contribution in [0.1, 0.15) is 24.0 Å². The van der Waals surface area contributed by atoms with Crippen molar-refractivity contribution >= 4 is 21.8 Å². The van der Waals surface area contributed by atoms with Crippen LogP contribution in [0.3, 0.4) is 0 Å². The molecule has 2 N–H and O–H groups in total. The second kappa shape index (κ2) is 10.7. The summed E-state index contributed by atoms with van der Waals surface area (Å²) in [5, 5.41) is 5.88. The largest absolute Gasteiger partial charge is 0.352 e. The minimum absolute atomic E-state index is 0.125. The molecule has 1 aliphatic heterocycles. The molecule has 2 amide bonds. The van der Waals surface area contributed by atoms with E-state index in [-0.39, 0.29) is 29.3 Å². The average molecular weight is 485 g/mol. The first-order valence-corrected chi connectivity index (χ1v) is 13.2. The Morgan fingerprint density at radius 3 is 2.24 bits per heavy atom. The molecular formula is C25H32N4O4S. The first-order chi connectivity index (χ1) is 16.3. The van der Waals surface area contributed by atoms with Crippen LogP contribution in [0.4, 0.5) is 0 Å². The van der Waals surface area contributed by atoms with Gasteiger partial charge in [0, 0.05) is 38.6 Å². The molecule has 182 valence electrons. The van der Waals surface area contributed by atoms with Gasteiger partial charge in [-0.15, -0.1) is 0 Å². The van der Waals surface area contributed by atoms with E-state index in [1.54, 1.807) is 24.3 Å². The molecule has 8 nitrogen and oxygen atoms in total. The van der Waals surface area contributed by atoms with Gasteiger partial charge in [0.25, 0.3) is 0 Å². The van der Waals surface area contributed by atoms with Gasteiger partial charge in [0.2, 0.25) is 21.8 Å². The third-order valence-corrected chi connectivity index (χ3v) is 8.13. The van der Waals surface area contributed by atoms with Gasteiger partial charge in [-0.05, 0) is 37.5 Å². The molecule has 1 heterocycles. The van der Waals surface area contributed by atoms with E-state index in [1.165, 1.54) is 4.31 Å². The zero-order valence-corrected chi connectivity index (χ0v) is 20.3. The lowest BCUT2D eigenvalue weighted by Crippen LogP contribution is -2.54. The van der Waals surface area contributed by atoms with Crippen LogP contribution in [0.15, 0.2) is 59.5 Å². The number of amides is 2. The molecule has 1 saturated heterocycles. The highest BCUT2D eigenvalue weighted by Crippen LogP contribution is 2.19. The molecule has 2 aromatic rings. The fourth-order valence-electron chi connectivity index (χ4n) is 4.02. The van der Waals surface area contributed by atoms with Crippen LogP contribution < -0.4 is 10.6 Å². The van der Waals surface area contributed by atoms with Crippen molar-refractivity contribution in [2.45, 2.75) is 43.2 Å². The Hall–Kier alpha value is -2.75. The third-order valence-electron chi connectivity index (χ3n) is 6.22. The van der Waals surface area contributed by atoms with Gasteiger partial charge in [-0.25, -0.2) is 8.42 Å². The minimum atomic E-state index is -3.55. The van der Waals surface area contributed by atoms with Crippen molar-refractivity contribution in [2.75, 3.05) is 32.7 Å². The lowest BCUT2D eigenvalue weighted by atomic mass is 10.1.